The Hall–Kier alpha value is -3.39. The third kappa shape index (κ3) is 3.50. The summed E-state index contributed by atoms with van der Waals surface area (Å²) in [5.74, 6) is -0.181. The van der Waals surface area contributed by atoms with Crippen LogP contribution in [0.3, 0.4) is 0 Å². The second kappa shape index (κ2) is 6.80. The number of carbonyl (C=O) groups excluding carboxylic acids is 1. The number of nitriles is 1. The van der Waals surface area contributed by atoms with E-state index in [1.54, 1.807) is 0 Å². The lowest BCUT2D eigenvalue weighted by Gasteiger charge is -2.16. The highest BCUT2D eigenvalue weighted by molar-refractivity contribution is 6.07. The first-order chi connectivity index (χ1) is 11.7. The number of amides is 1. The molecule has 0 unspecified atom stereocenters. The quantitative estimate of drug-likeness (QED) is 0.693. The van der Waals surface area contributed by atoms with Gasteiger partial charge in [0.2, 0.25) is 0 Å². The monoisotopic (exact) mass is 320 g/mol. The van der Waals surface area contributed by atoms with Crippen molar-refractivity contribution in [3.8, 4) is 11.8 Å². The fourth-order valence-electron chi connectivity index (χ4n) is 2.28. The molecule has 5 heteroatoms. The van der Waals surface area contributed by atoms with Crippen molar-refractivity contribution in [3.05, 3.63) is 77.1 Å². The van der Waals surface area contributed by atoms with Gasteiger partial charge in [-0.3, -0.25) is 4.79 Å². The van der Waals surface area contributed by atoms with E-state index in [1.807, 2.05) is 36.4 Å². The van der Waals surface area contributed by atoms with E-state index in [9.17, 15) is 14.4 Å². The number of rotatable bonds is 3. The van der Waals surface area contributed by atoms with Gasteiger partial charge in [-0.2, -0.15) is 5.26 Å². The summed E-state index contributed by atoms with van der Waals surface area (Å²) >= 11 is 0. The number of halogens is 1. The van der Waals surface area contributed by atoms with Crippen molar-refractivity contribution in [1.29, 1.82) is 5.26 Å². The molecule has 118 valence electrons. The number of carbonyl (C=O) groups is 1. The predicted octanol–water partition coefficient (Wildman–Crippen LogP) is 3.69. The maximum absolute atomic E-state index is 12.9. The van der Waals surface area contributed by atoms with Crippen molar-refractivity contribution < 1.29 is 13.9 Å². The molecule has 0 atom stereocenters. The zero-order chi connectivity index (χ0) is 16.9. The molecule has 0 aromatic heterocycles. The lowest BCUT2D eigenvalue weighted by Crippen LogP contribution is -2.15. The summed E-state index contributed by atoms with van der Waals surface area (Å²) in [5.41, 5.74) is 1.99. The van der Waals surface area contributed by atoms with Crippen LogP contribution in [0.1, 0.15) is 5.56 Å². The minimum Gasteiger partial charge on any atom is -0.488 e. The molecule has 0 saturated heterocycles. The van der Waals surface area contributed by atoms with Crippen LogP contribution in [0.5, 0.6) is 5.75 Å². The SMILES string of the molecule is N#C/C(=C\C1=Cc2ccccc2OC1)C(=O)Nc1ccc(F)cc1. The molecular weight excluding hydrogens is 307 g/mol. The Kier molecular flexibility index (Phi) is 4.39. The van der Waals surface area contributed by atoms with E-state index in [1.165, 1.54) is 30.3 Å². The Morgan fingerprint density at radius 1 is 1.21 bits per heavy atom. The van der Waals surface area contributed by atoms with Gasteiger partial charge in [-0.05, 0) is 48.1 Å². The lowest BCUT2D eigenvalue weighted by atomic mass is 10.1. The molecule has 0 fully saturated rings. The third-order valence-electron chi connectivity index (χ3n) is 3.45. The van der Waals surface area contributed by atoms with E-state index in [4.69, 9.17) is 4.74 Å². The van der Waals surface area contributed by atoms with Crippen molar-refractivity contribution in [3.63, 3.8) is 0 Å². The first-order valence-corrected chi connectivity index (χ1v) is 7.27. The maximum atomic E-state index is 12.9. The maximum Gasteiger partial charge on any atom is 0.266 e. The Labute approximate surface area is 138 Å². The van der Waals surface area contributed by atoms with Crippen molar-refractivity contribution in [1.82, 2.24) is 0 Å². The summed E-state index contributed by atoms with van der Waals surface area (Å²) in [4.78, 5) is 12.2. The lowest BCUT2D eigenvalue weighted by molar-refractivity contribution is -0.112. The van der Waals surface area contributed by atoms with Crippen molar-refractivity contribution in [2.45, 2.75) is 0 Å². The molecular formula is C19H13FN2O2. The van der Waals surface area contributed by atoms with Gasteiger partial charge in [0.25, 0.3) is 5.91 Å². The molecule has 1 amide bonds. The molecule has 2 aromatic rings. The molecule has 1 aliphatic rings. The summed E-state index contributed by atoms with van der Waals surface area (Å²) in [6, 6.07) is 14.7. The standard InChI is InChI=1S/C19H13FN2O2/c20-16-5-7-17(8-6-16)22-19(23)15(11-21)10-13-9-14-3-1-2-4-18(14)24-12-13/h1-10H,12H2,(H,22,23)/b15-10+. The summed E-state index contributed by atoms with van der Waals surface area (Å²) in [5, 5.41) is 11.8. The first kappa shape index (κ1) is 15.5. The number of benzene rings is 2. The summed E-state index contributed by atoms with van der Waals surface area (Å²) < 4.78 is 18.5. The molecule has 1 N–H and O–H groups in total. The van der Waals surface area contributed by atoms with E-state index in [2.05, 4.69) is 5.32 Å². The molecule has 0 spiro atoms. The molecule has 0 radical (unpaired) electrons. The number of ether oxygens (including phenoxy) is 1. The number of nitrogens with one attached hydrogen (secondary N) is 1. The Morgan fingerprint density at radius 2 is 1.96 bits per heavy atom. The molecule has 1 heterocycles. The number of anilines is 1. The largest absolute Gasteiger partial charge is 0.488 e. The van der Waals surface area contributed by atoms with Gasteiger partial charge < -0.3 is 10.1 Å². The Balaban J connectivity index is 1.80. The highest BCUT2D eigenvalue weighted by Gasteiger charge is 2.14. The van der Waals surface area contributed by atoms with Crippen LogP contribution in [0.4, 0.5) is 10.1 Å². The van der Waals surface area contributed by atoms with Gasteiger partial charge in [-0.1, -0.05) is 18.2 Å². The topological polar surface area (TPSA) is 62.1 Å². The number of hydrogen-bond donors (Lipinski definition) is 1. The van der Waals surface area contributed by atoms with Crippen LogP contribution in [0.15, 0.2) is 65.8 Å². The number of para-hydroxylation sites is 1. The van der Waals surface area contributed by atoms with E-state index in [0.717, 1.165) is 16.9 Å². The number of fused-ring (bicyclic) bond motifs is 1. The van der Waals surface area contributed by atoms with Crippen LogP contribution < -0.4 is 10.1 Å². The van der Waals surface area contributed by atoms with Crippen LogP contribution in [0.25, 0.3) is 6.08 Å². The highest BCUT2D eigenvalue weighted by Crippen LogP contribution is 2.26. The fourth-order valence-corrected chi connectivity index (χ4v) is 2.28. The van der Waals surface area contributed by atoms with Gasteiger partial charge in [-0.25, -0.2) is 4.39 Å². The van der Waals surface area contributed by atoms with E-state index < -0.39 is 11.7 Å². The average molecular weight is 320 g/mol. The predicted molar refractivity (Wildman–Crippen MR) is 88.6 cm³/mol. The van der Waals surface area contributed by atoms with Crippen molar-refractivity contribution in [2.75, 3.05) is 11.9 Å². The molecule has 0 aliphatic carbocycles. The second-order valence-corrected chi connectivity index (χ2v) is 5.18. The third-order valence-corrected chi connectivity index (χ3v) is 3.45. The van der Waals surface area contributed by atoms with Gasteiger partial charge in [-0.15, -0.1) is 0 Å². The molecule has 4 nitrogen and oxygen atoms in total. The molecule has 0 bridgehead atoms. The molecule has 0 saturated carbocycles. The second-order valence-electron chi connectivity index (χ2n) is 5.18. The first-order valence-electron chi connectivity index (χ1n) is 7.27. The minimum atomic E-state index is -0.552. The normalized spacial score (nSPS) is 13.2. The van der Waals surface area contributed by atoms with E-state index in [-0.39, 0.29) is 12.2 Å². The minimum absolute atomic E-state index is 0.0476. The molecule has 24 heavy (non-hydrogen) atoms. The highest BCUT2D eigenvalue weighted by atomic mass is 19.1. The molecule has 1 aliphatic heterocycles. The van der Waals surface area contributed by atoms with Crippen LogP contribution >= 0.6 is 0 Å². The average Bonchev–Trinajstić information content (AvgIpc) is 2.61. The van der Waals surface area contributed by atoms with Gasteiger partial charge >= 0.3 is 0 Å². The van der Waals surface area contributed by atoms with E-state index >= 15 is 0 Å². The molecule has 2 aromatic carbocycles. The smallest absolute Gasteiger partial charge is 0.266 e. The summed E-state index contributed by atoms with van der Waals surface area (Å²) in [6.07, 6.45) is 3.37. The fraction of sp³-hybridized carbons (Fsp3) is 0.0526. The van der Waals surface area contributed by atoms with Gasteiger partial charge in [0, 0.05) is 11.3 Å². The number of nitrogens with zero attached hydrogens (tertiary/aromatic N) is 1. The Morgan fingerprint density at radius 3 is 2.71 bits per heavy atom. The van der Waals surface area contributed by atoms with E-state index in [0.29, 0.717) is 5.69 Å². The summed E-state index contributed by atoms with van der Waals surface area (Å²) in [7, 11) is 0. The van der Waals surface area contributed by atoms with Gasteiger partial charge in [0.05, 0.1) is 0 Å². The Bertz CT molecular complexity index is 877. The molecule has 3 rings (SSSR count). The van der Waals surface area contributed by atoms with Crippen LogP contribution in [-0.4, -0.2) is 12.5 Å². The number of hydrogen-bond acceptors (Lipinski definition) is 3. The van der Waals surface area contributed by atoms with Crippen LogP contribution in [0.2, 0.25) is 0 Å². The van der Waals surface area contributed by atoms with Crippen molar-refractivity contribution in [2.24, 2.45) is 0 Å². The summed E-state index contributed by atoms with van der Waals surface area (Å²) in [6.45, 7) is 0.284. The van der Waals surface area contributed by atoms with Gasteiger partial charge in [0.1, 0.15) is 29.8 Å². The van der Waals surface area contributed by atoms with Gasteiger partial charge in [0.15, 0.2) is 0 Å². The van der Waals surface area contributed by atoms with Crippen LogP contribution in [0, 0.1) is 17.1 Å². The zero-order valence-corrected chi connectivity index (χ0v) is 12.6. The van der Waals surface area contributed by atoms with Crippen LogP contribution in [-0.2, 0) is 4.79 Å². The zero-order valence-electron chi connectivity index (χ0n) is 12.6. The van der Waals surface area contributed by atoms with Crippen molar-refractivity contribution >= 4 is 17.7 Å².